The Labute approximate surface area is 151 Å². The first kappa shape index (κ1) is 17.5. The van der Waals surface area contributed by atoms with E-state index in [1.165, 1.54) is 6.07 Å². The van der Waals surface area contributed by atoms with Crippen molar-refractivity contribution >= 4 is 44.3 Å². The number of morpholine rings is 1. The van der Waals surface area contributed by atoms with Gasteiger partial charge in [0.1, 0.15) is 4.21 Å². The number of hydrogen-bond acceptors (Lipinski definition) is 5. The first-order valence-corrected chi connectivity index (χ1v) is 10.2. The Kier molecular flexibility index (Phi) is 4.79. The number of nitrogens with zero attached hydrogens (tertiary/aromatic N) is 1. The maximum absolute atomic E-state index is 12.3. The predicted molar refractivity (Wildman–Crippen MR) is 98.8 cm³/mol. The second kappa shape index (κ2) is 6.55. The molecule has 2 heterocycles. The van der Waals surface area contributed by atoms with Gasteiger partial charge in [0, 0.05) is 17.9 Å². The summed E-state index contributed by atoms with van der Waals surface area (Å²) in [5.41, 5.74) is 1.48. The van der Waals surface area contributed by atoms with Crippen molar-refractivity contribution in [3.8, 4) is 0 Å². The molecule has 0 amide bonds. The summed E-state index contributed by atoms with van der Waals surface area (Å²) >= 11 is 6.85. The van der Waals surface area contributed by atoms with Crippen molar-refractivity contribution in [1.29, 1.82) is 0 Å². The van der Waals surface area contributed by atoms with Crippen molar-refractivity contribution in [2.75, 3.05) is 29.4 Å². The highest BCUT2D eigenvalue weighted by atomic mass is 35.5. The number of nitrogens with one attached hydrogen (secondary N) is 1. The van der Waals surface area contributed by atoms with Gasteiger partial charge in [-0.2, -0.15) is 0 Å². The second-order valence-corrected chi connectivity index (χ2v) is 9.85. The van der Waals surface area contributed by atoms with Gasteiger partial charge in [0.25, 0.3) is 10.0 Å². The molecule has 0 radical (unpaired) electrons. The van der Waals surface area contributed by atoms with E-state index in [9.17, 15) is 8.42 Å². The van der Waals surface area contributed by atoms with Crippen LogP contribution in [0, 0.1) is 0 Å². The second-order valence-electron chi connectivity index (χ2n) is 6.23. The Hall–Kier alpha value is -1.28. The summed E-state index contributed by atoms with van der Waals surface area (Å²) < 4.78 is 33.4. The molecule has 1 aromatic carbocycles. The van der Waals surface area contributed by atoms with Crippen LogP contribution in [-0.4, -0.2) is 33.7 Å². The minimum atomic E-state index is -3.60. The average molecular weight is 387 g/mol. The van der Waals surface area contributed by atoms with Gasteiger partial charge in [0.2, 0.25) is 0 Å². The topological polar surface area (TPSA) is 58.6 Å². The summed E-state index contributed by atoms with van der Waals surface area (Å²) in [5, 5.41) is 0. The lowest BCUT2D eigenvalue weighted by molar-refractivity contribution is 0.0644. The number of thiophene rings is 1. The number of rotatable bonds is 4. The summed E-state index contributed by atoms with van der Waals surface area (Å²) in [6, 6.07) is 10.5. The number of halogens is 1. The highest BCUT2D eigenvalue weighted by Crippen LogP contribution is 2.30. The monoisotopic (exact) mass is 386 g/mol. The van der Waals surface area contributed by atoms with E-state index in [2.05, 4.69) is 23.5 Å². The van der Waals surface area contributed by atoms with E-state index in [4.69, 9.17) is 16.3 Å². The normalized spacial score (nSPS) is 17.7. The lowest BCUT2D eigenvalue weighted by Gasteiger charge is -2.43. The number of hydrogen-bond donors (Lipinski definition) is 1. The first-order chi connectivity index (χ1) is 11.3. The molecule has 0 aliphatic carbocycles. The molecule has 3 rings (SSSR count). The molecule has 0 atom stereocenters. The van der Waals surface area contributed by atoms with Gasteiger partial charge in [-0.1, -0.05) is 11.6 Å². The summed E-state index contributed by atoms with van der Waals surface area (Å²) in [4.78, 5) is 2.27. The van der Waals surface area contributed by atoms with Gasteiger partial charge in [0.15, 0.2) is 0 Å². The molecule has 0 saturated carbocycles. The zero-order valence-corrected chi connectivity index (χ0v) is 15.8. The maximum Gasteiger partial charge on any atom is 0.271 e. The molecule has 0 bridgehead atoms. The fourth-order valence-electron chi connectivity index (χ4n) is 2.69. The maximum atomic E-state index is 12.3. The van der Waals surface area contributed by atoms with Crippen molar-refractivity contribution in [1.82, 2.24) is 0 Å². The highest BCUT2D eigenvalue weighted by molar-refractivity contribution is 7.94. The van der Waals surface area contributed by atoms with Crippen LogP contribution in [0.4, 0.5) is 11.4 Å². The van der Waals surface area contributed by atoms with Crippen LogP contribution in [-0.2, 0) is 14.8 Å². The average Bonchev–Trinajstić information content (AvgIpc) is 2.95. The molecule has 1 saturated heterocycles. The fourth-order valence-corrected chi connectivity index (χ4v) is 5.24. The number of benzene rings is 1. The molecule has 130 valence electrons. The number of anilines is 2. The van der Waals surface area contributed by atoms with Crippen LogP contribution in [0.3, 0.4) is 0 Å². The van der Waals surface area contributed by atoms with Gasteiger partial charge in [-0.25, -0.2) is 8.42 Å². The van der Waals surface area contributed by atoms with E-state index in [1.54, 1.807) is 18.2 Å². The molecule has 1 N–H and O–H groups in total. The predicted octanol–water partition coefficient (Wildman–Crippen LogP) is 3.82. The van der Waals surface area contributed by atoms with E-state index in [1.807, 2.05) is 12.1 Å². The Morgan fingerprint density at radius 3 is 2.50 bits per heavy atom. The van der Waals surface area contributed by atoms with Gasteiger partial charge in [-0.3, -0.25) is 4.72 Å². The third-order valence-corrected chi connectivity index (χ3v) is 6.99. The van der Waals surface area contributed by atoms with Crippen molar-refractivity contribution in [3.05, 3.63) is 40.7 Å². The third kappa shape index (κ3) is 3.69. The lowest BCUT2D eigenvalue weighted by atomic mass is 10.0. The van der Waals surface area contributed by atoms with Crippen LogP contribution in [0.25, 0.3) is 0 Å². The lowest BCUT2D eigenvalue weighted by Crippen LogP contribution is -2.53. The number of sulfonamides is 1. The van der Waals surface area contributed by atoms with Crippen molar-refractivity contribution < 1.29 is 13.2 Å². The van der Waals surface area contributed by atoms with E-state index in [0.717, 1.165) is 23.6 Å². The molecular formula is C16H19ClN2O3S2. The molecule has 1 fully saturated rings. The highest BCUT2D eigenvalue weighted by Gasteiger charge is 2.30. The van der Waals surface area contributed by atoms with Crippen LogP contribution < -0.4 is 9.62 Å². The van der Waals surface area contributed by atoms with E-state index < -0.39 is 10.0 Å². The smallest absolute Gasteiger partial charge is 0.271 e. The van der Waals surface area contributed by atoms with Crippen LogP contribution in [0.5, 0.6) is 0 Å². The van der Waals surface area contributed by atoms with Crippen LogP contribution >= 0.6 is 22.9 Å². The summed E-state index contributed by atoms with van der Waals surface area (Å²) in [7, 11) is -3.60. The molecule has 1 aliphatic heterocycles. The minimum Gasteiger partial charge on any atom is -0.377 e. The number of ether oxygens (including phenoxy) is 1. The minimum absolute atomic E-state index is 0.0903. The van der Waals surface area contributed by atoms with Gasteiger partial charge >= 0.3 is 0 Å². The Morgan fingerprint density at radius 2 is 1.92 bits per heavy atom. The summed E-state index contributed by atoms with van der Waals surface area (Å²) in [6.45, 7) is 6.43. The third-order valence-electron chi connectivity index (χ3n) is 3.89. The first-order valence-electron chi connectivity index (χ1n) is 7.52. The van der Waals surface area contributed by atoms with Crippen molar-refractivity contribution in [2.24, 2.45) is 0 Å². The van der Waals surface area contributed by atoms with Crippen LogP contribution in [0.15, 0.2) is 40.6 Å². The molecule has 0 spiro atoms. The molecule has 8 heteroatoms. The SMILES string of the molecule is CC1(C)COCCN1c1ccc(NS(=O)(=O)c2ccc(Cl)s2)cc1. The quantitative estimate of drug-likeness (QED) is 0.867. The van der Waals surface area contributed by atoms with E-state index in [0.29, 0.717) is 23.2 Å². The van der Waals surface area contributed by atoms with Gasteiger partial charge in [0.05, 0.1) is 23.1 Å². The molecule has 24 heavy (non-hydrogen) atoms. The molecule has 1 aromatic heterocycles. The van der Waals surface area contributed by atoms with Gasteiger partial charge in [-0.15, -0.1) is 11.3 Å². The van der Waals surface area contributed by atoms with Gasteiger partial charge in [-0.05, 0) is 50.2 Å². The Balaban J connectivity index is 1.77. The van der Waals surface area contributed by atoms with Crippen molar-refractivity contribution in [3.63, 3.8) is 0 Å². The largest absolute Gasteiger partial charge is 0.377 e. The zero-order valence-electron chi connectivity index (χ0n) is 13.5. The van der Waals surface area contributed by atoms with E-state index >= 15 is 0 Å². The molecule has 1 aliphatic rings. The van der Waals surface area contributed by atoms with Crippen LogP contribution in [0.1, 0.15) is 13.8 Å². The molecular weight excluding hydrogens is 368 g/mol. The van der Waals surface area contributed by atoms with E-state index in [-0.39, 0.29) is 9.75 Å². The standard InChI is InChI=1S/C16H19ClN2O3S2/c1-16(2)11-22-10-9-19(16)13-5-3-12(4-6-13)18-24(20,21)15-8-7-14(17)23-15/h3-8,18H,9-11H2,1-2H3. The molecule has 0 unspecified atom stereocenters. The van der Waals surface area contributed by atoms with Crippen molar-refractivity contribution in [2.45, 2.75) is 23.6 Å². The Bertz CT molecular complexity index is 816. The molecule has 5 nitrogen and oxygen atoms in total. The summed E-state index contributed by atoms with van der Waals surface area (Å²) in [5.74, 6) is 0. The fraction of sp³-hybridized carbons (Fsp3) is 0.375. The summed E-state index contributed by atoms with van der Waals surface area (Å²) in [6.07, 6.45) is 0. The molecule has 2 aromatic rings. The van der Waals surface area contributed by atoms with Gasteiger partial charge < -0.3 is 9.64 Å². The zero-order chi connectivity index (χ0) is 17.4. The van der Waals surface area contributed by atoms with Crippen LogP contribution in [0.2, 0.25) is 4.34 Å². The Morgan fingerprint density at radius 1 is 1.21 bits per heavy atom.